The summed E-state index contributed by atoms with van der Waals surface area (Å²) in [6, 6.07) is 19.7. The Hall–Kier alpha value is -3.37. The van der Waals surface area contributed by atoms with Gasteiger partial charge in [-0.25, -0.2) is 0 Å². The summed E-state index contributed by atoms with van der Waals surface area (Å²) in [6.07, 6.45) is -0.586. The number of hydrogen-bond donors (Lipinski definition) is 0. The molecule has 0 spiro atoms. The highest BCUT2D eigenvalue weighted by molar-refractivity contribution is 6.87. The maximum Gasteiger partial charge on any atom is 0.278 e. The maximum absolute atomic E-state index is 8.95. The van der Waals surface area contributed by atoms with Gasteiger partial charge in [0.15, 0.2) is 11.3 Å². The minimum Gasteiger partial charge on any atom is -0.537 e. The molecule has 35 heavy (non-hydrogen) atoms. The second-order valence-corrected chi connectivity index (χ2v) is 14.5. The van der Waals surface area contributed by atoms with Crippen molar-refractivity contribution in [1.82, 2.24) is 4.98 Å². The maximum atomic E-state index is 8.95. The number of aryl methyl sites for hydroxylation is 1. The molecule has 0 saturated heterocycles. The highest BCUT2D eigenvalue weighted by Crippen LogP contribution is 2.45. The van der Waals surface area contributed by atoms with Crippen LogP contribution < -0.4 is 9.61 Å². The molecule has 2 aromatic heterocycles. The Kier molecular flexibility index (Phi) is 3.70. The Morgan fingerprint density at radius 3 is 2.54 bits per heavy atom. The van der Waals surface area contributed by atoms with Gasteiger partial charge in [-0.15, -0.1) is 0 Å². The van der Waals surface area contributed by atoms with Gasteiger partial charge in [0.05, 0.1) is 5.69 Å². The Bertz CT molecular complexity index is 1820. The SMILES string of the molecule is [2H]C([2H])([2H])c1cnc(-c2cccc3c2[Si](C)(C)Oc2c-3ccc3c2oc2ccccc23)cc1C([2H])([2H])C(C)(C)C. The van der Waals surface area contributed by atoms with Crippen molar-refractivity contribution in [2.45, 2.75) is 47.1 Å². The smallest absolute Gasteiger partial charge is 0.278 e. The van der Waals surface area contributed by atoms with E-state index in [0.717, 1.165) is 49.6 Å². The van der Waals surface area contributed by atoms with Crippen LogP contribution in [0.25, 0.3) is 44.3 Å². The van der Waals surface area contributed by atoms with Gasteiger partial charge in [0.1, 0.15) is 5.58 Å². The summed E-state index contributed by atoms with van der Waals surface area (Å²) in [7, 11) is -2.61. The van der Waals surface area contributed by atoms with Gasteiger partial charge in [0.2, 0.25) is 0 Å². The summed E-state index contributed by atoms with van der Waals surface area (Å²) >= 11 is 0. The van der Waals surface area contributed by atoms with E-state index in [2.05, 4.69) is 36.3 Å². The molecule has 6 rings (SSSR count). The van der Waals surface area contributed by atoms with Crippen molar-refractivity contribution in [3.63, 3.8) is 0 Å². The molecule has 3 nitrogen and oxygen atoms in total. The summed E-state index contributed by atoms with van der Waals surface area (Å²) < 4.78 is 55.3. The third-order valence-electron chi connectivity index (χ3n) is 6.50. The average Bonchev–Trinajstić information content (AvgIpc) is 3.26. The lowest BCUT2D eigenvalue weighted by Gasteiger charge is -2.35. The molecule has 0 aliphatic carbocycles. The molecule has 3 heterocycles. The zero-order valence-electron chi connectivity index (χ0n) is 25.6. The largest absolute Gasteiger partial charge is 0.537 e. The van der Waals surface area contributed by atoms with Crippen LogP contribution in [-0.2, 0) is 6.37 Å². The molecular formula is C31H31NO2Si. The van der Waals surface area contributed by atoms with E-state index in [1.807, 2.05) is 36.4 Å². The molecule has 5 aromatic rings. The van der Waals surface area contributed by atoms with Crippen LogP contribution in [0.1, 0.15) is 38.8 Å². The molecule has 0 fully saturated rings. The van der Waals surface area contributed by atoms with Gasteiger partial charge in [-0.05, 0) is 77.9 Å². The van der Waals surface area contributed by atoms with Gasteiger partial charge in [0, 0.05) is 34.9 Å². The predicted octanol–water partition coefficient (Wildman–Crippen LogP) is 8.02. The molecule has 3 aromatic carbocycles. The first-order valence-electron chi connectivity index (χ1n) is 14.4. The standard InChI is InChI=1S/C31H31NO2Si/c1-19-18-32-26(16-20(19)17-31(2,3)4)25-12-9-11-24-23-15-14-22-21-10-7-8-13-27(21)33-28(22)29(23)34-35(5,6)30(24)25/h7-16,18H,17H2,1-6H3/i1D3,17D2. The van der Waals surface area contributed by atoms with Crippen LogP contribution in [0.4, 0.5) is 0 Å². The van der Waals surface area contributed by atoms with E-state index in [-0.39, 0.29) is 11.1 Å². The molecule has 0 atom stereocenters. The van der Waals surface area contributed by atoms with Crippen LogP contribution in [0.3, 0.4) is 0 Å². The number of nitrogens with zero attached hydrogens (tertiary/aromatic N) is 1. The van der Waals surface area contributed by atoms with Crippen molar-refractivity contribution in [3.8, 4) is 28.1 Å². The number of pyridine rings is 1. The first-order valence-corrected chi connectivity index (χ1v) is 14.8. The normalized spacial score (nSPS) is 17.5. The summed E-state index contributed by atoms with van der Waals surface area (Å²) in [6.45, 7) is 7.10. The van der Waals surface area contributed by atoms with Crippen molar-refractivity contribution < 1.29 is 15.7 Å². The van der Waals surface area contributed by atoms with E-state index in [9.17, 15) is 0 Å². The molecule has 0 amide bonds. The molecule has 0 bridgehead atoms. The molecule has 1 aliphatic heterocycles. The number of rotatable bonds is 2. The first-order chi connectivity index (χ1) is 18.6. The van der Waals surface area contributed by atoms with E-state index < -0.39 is 27.0 Å². The Morgan fingerprint density at radius 1 is 0.943 bits per heavy atom. The Balaban J connectivity index is 1.60. The predicted molar refractivity (Wildman–Crippen MR) is 148 cm³/mol. The first kappa shape index (κ1) is 17.1. The second-order valence-electron chi connectivity index (χ2n) is 10.7. The van der Waals surface area contributed by atoms with Gasteiger partial charge in [-0.1, -0.05) is 57.2 Å². The molecule has 0 radical (unpaired) electrons. The van der Waals surface area contributed by atoms with Crippen molar-refractivity contribution in [2.75, 3.05) is 0 Å². The summed E-state index contributed by atoms with van der Waals surface area (Å²) in [5.41, 5.74) is 4.10. The fraction of sp³-hybridized carbons (Fsp3) is 0.258. The number of para-hydroxylation sites is 1. The Morgan fingerprint density at radius 2 is 1.74 bits per heavy atom. The number of benzene rings is 3. The molecule has 0 saturated carbocycles. The lowest BCUT2D eigenvalue weighted by atomic mass is 9.86. The van der Waals surface area contributed by atoms with E-state index in [1.54, 1.807) is 26.8 Å². The summed E-state index contributed by atoms with van der Waals surface area (Å²) in [5, 5.41) is 3.09. The highest BCUT2D eigenvalue weighted by Gasteiger charge is 2.40. The van der Waals surface area contributed by atoms with Crippen molar-refractivity contribution in [3.05, 3.63) is 78.0 Å². The topological polar surface area (TPSA) is 35.3 Å². The van der Waals surface area contributed by atoms with E-state index in [1.165, 1.54) is 6.20 Å². The van der Waals surface area contributed by atoms with Crippen LogP contribution in [0, 0.1) is 12.3 Å². The second kappa shape index (κ2) is 7.56. The molecule has 1 aliphatic rings. The third-order valence-corrected chi connectivity index (χ3v) is 8.96. The van der Waals surface area contributed by atoms with Gasteiger partial charge < -0.3 is 8.84 Å². The molecule has 0 unspecified atom stereocenters. The van der Waals surface area contributed by atoms with Gasteiger partial charge in [-0.2, -0.15) is 0 Å². The summed E-state index contributed by atoms with van der Waals surface area (Å²) in [4.78, 5) is 4.60. The van der Waals surface area contributed by atoms with Crippen molar-refractivity contribution in [2.24, 2.45) is 5.41 Å². The fourth-order valence-corrected chi connectivity index (χ4v) is 7.67. The average molecular weight is 483 g/mol. The number of fused-ring (bicyclic) bond motifs is 7. The third kappa shape index (κ3) is 3.59. The van der Waals surface area contributed by atoms with E-state index >= 15 is 0 Å². The van der Waals surface area contributed by atoms with Crippen LogP contribution in [0.15, 0.2) is 71.3 Å². The zero-order valence-corrected chi connectivity index (χ0v) is 21.6. The minimum atomic E-state index is -2.61. The van der Waals surface area contributed by atoms with Crippen LogP contribution in [0.5, 0.6) is 5.75 Å². The lowest BCUT2D eigenvalue weighted by Crippen LogP contribution is -2.51. The number of furan rings is 1. The van der Waals surface area contributed by atoms with Crippen LogP contribution >= 0.6 is 0 Å². The fourth-order valence-electron chi connectivity index (χ4n) is 5.13. The molecule has 4 heteroatoms. The van der Waals surface area contributed by atoms with Crippen LogP contribution in [-0.4, -0.2) is 13.3 Å². The highest BCUT2D eigenvalue weighted by atomic mass is 28.4. The summed E-state index contributed by atoms with van der Waals surface area (Å²) in [5.74, 6) is 0.741. The van der Waals surface area contributed by atoms with Crippen molar-refractivity contribution in [1.29, 1.82) is 0 Å². The molecule has 0 N–H and O–H groups in total. The molecule has 176 valence electrons. The van der Waals surface area contributed by atoms with E-state index in [0.29, 0.717) is 5.69 Å². The number of aromatic nitrogens is 1. The zero-order chi connectivity index (χ0) is 28.8. The quantitative estimate of drug-likeness (QED) is 0.239. The minimum absolute atomic E-state index is 0.0636. The van der Waals surface area contributed by atoms with Gasteiger partial charge in [0.25, 0.3) is 8.32 Å². The van der Waals surface area contributed by atoms with E-state index in [4.69, 9.17) is 15.7 Å². The van der Waals surface area contributed by atoms with Crippen molar-refractivity contribution >= 4 is 35.4 Å². The number of hydrogen-bond acceptors (Lipinski definition) is 3. The van der Waals surface area contributed by atoms with Crippen LogP contribution in [0.2, 0.25) is 13.1 Å². The van der Waals surface area contributed by atoms with Gasteiger partial charge in [-0.3, -0.25) is 4.98 Å². The monoisotopic (exact) mass is 482 g/mol. The van der Waals surface area contributed by atoms with Gasteiger partial charge >= 0.3 is 0 Å². The Labute approximate surface area is 214 Å². The lowest BCUT2D eigenvalue weighted by molar-refractivity contribution is 0.410. The molecular weight excluding hydrogens is 446 g/mol.